The number of rotatable bonds is 5. The second kappa shape index (κ2) is 6.69. The van der Waals surface area contributed by atoms with E-state index in [1.807, 2.05) is 0 Å². The highest BCUT2D eigenvalue weighted by atomic mass is 15.1. The lowest BCUT2D eigenvalue weighted by Gasteiger charge is -2.27. The topological polar surface area (TPSA) is 29.3 Å². The molecule has 0 fully saturated rings. The average Bonchev–Trinajstić information content (AvgIpc) is 2.39. The highest BCUT2D eigenvalue weighted by molar-refractivity contribution is 5.26. The van der Waals surface area contributed by atoms with Crippen molar-refractivity contribution >= 4 is 0 Å². The van der Waals surface area contributed by atoms with Gasteiger partial charge in [0.1, 0.15) is 0 Å². The van der Waals surface area contributed by atoms with Crippen LogP contribution in [0.15, 0.2) is 48.5 Å². The lowest BCUT2D eigenvalue weighted by atomic mass is 10.0. The number of benzene rings is 2. The maximum Gasteiger partial charge on any atom is 0.0471 e. The zero-order valence-electron chi connectivity index (χ0n) is 12.6. The molecule has 0 amide bonds. The van der Waals surface area contributed by atoms with Crippen LogP contribution >= 0.6 is 0 Å². The first kappa shape index (κ1) is 14.8. The standard InChI is InChI=1S/C18H24N2/c1-14-6-4-8-16(10-14)13-20(3)18(12-19)17-9-5-7-15(2)11-17/h4-11,18H,12-13,19H2,1-3H3. The molecule has 0 aliphatic rings. The van der Waals surface area contributed by atoms with Crippen molar-refractivity contribution in [2.24, 2.45) is 5.73 Å². The molecule has 106 valence electrons. The van der Waals surface area contributed by atoms with Gasteiger partial charge in [0.05, 0.1) is 0 Å². The van der Waals surface area contributed by atoms with Gasteiger partial charge in [0.25, 0.3) is 0 Å². The highest BCUT2D eigenvalue weighted by Crippen LogP contribution is 2.21. The van der Waals surface area contributed by atoms with Crippen molar-refractivity contribution in [1.82, 2.24) is 4.90 Å². The average molecular weight is 268 g/mol. The molecule has 0 aromatic heterocycles. The third-order valence-corrected chi connectivity index (χ3v) is 3.70. The minimum atomic E-state index is 0.260. The van der Waals surface area contributed by atoms with Crippen LogP contribution in [0.2, 0.25) is 0 Å². The maximum absolute atomic E-state index is 6.00. The molecule has 2 aromatic rings. The molecule has 1 unspecified atom stereocenters. The molecular weight excluding hydrogens is 244 g/mol. The van der Waals surface area contributed by atoms with Gasteiger partial charge in [0, 0.05) is 19.1 Å². The fourth-order valence-corrected chi connectivity index (χ4v) is 2.66. The summed E-state index contributed by atoms with van der Waals surface area (Å²) in [4.78, 5) is 2.32. The SMILES string of the molecule is Cc1cccc(CN(C)C(CN)c2cccc(C)c2)c1. The van der Waals surface area contributed by atoms with Gasteiger partial charge in [-0.3, -0.25) is 4.90 Å². The van der Waals surface area contributed by atoms with Gasteiger partial charge in [-0.25, -0.2) is 0 Å². The molecule has 0 radical (unpaired) electrons. The number of hydrogen-bond donors (Lipinski definition) is 1. The summed E-state index contributed by atoms with van der Waals surface area (Å²) in [7, 11) is 2.14. The van der Waals surface area contributed by atoms with Crippen LogP contribution < -0.4 is 5.73 Å². The van der Waals surface area contributed by atoms with E-state index in [1.54, 1.807) is 0 Å². The van der Waals surface area contributed by atoms with Gasteiger partial charge in [-0.05, 0) is 32.0 Å². The molecule has 1 atom stereocenters. The van der Waals surface area contributed by atoms with Crippen LogP contribution in [0.5, 0.6) is 0 Å². The normalized spacial score (nSPS) is 12.7. The Labute approximate surface area is 122 Å². The van der Waals surface area contributed by atoms with Crippen LogP contribution in [-0.2, 0) is 6.54 Å². The summed E-state index contributed by atoms with van der Waals surface area (Å²) in [6.07, 6.45) is 0. The molecule has 0 aliphatic heterocycles. The van der Waals surface area contributed by atoms with Gasteiger partial charge in [0.15, 0.2) is 0 Å². The summed E-state index contributed by atoms with van der Waals surface area (Å²) in [5.74, 6) is 0. The van der Waals surface area contributed by atoms with E-state index < -0.39 is 0 Å². The summed E-state index contributed by atoms with van der Waals surface area (Å²) in [6.45, 7) is 5.80. The van der Waals surface area contributed by atoms with E-state index in [4.69, 9.17) is 5.73 Å². The molecule has 20 heavy (non-hydrogen) atoms. The second-order valence-electron chi connectivity index (χ2n) is 5.57. The predicted octanol–water partition coefficient (Wildman–Crippen LogP) is 3.44. The Morgan fingerprint density at radius 2 is 1.65 bits per heavy atom. The number of hydrogen-bond acceptors (Lipinski definition) is 2. The molecule has 0 heterocycles. The van der Waals surface area contributed by atoms with Gasteiger partial charge >= 0.3 is 0 Å². The summed E-state index contributed by atoms with van der Waals surface area (Å²) in [5.41, 5.74) is 11.2. The van der Waals surface area contributed by atoms with Gasteiger partial charge in [-0.2, -0.15) is 0 Å². The van der Waals surface area contributed by atoms with E-state index in [9.17, 15) is 0 Å². The fourth-order valence-electron chi connectivity index (χ4n) is 2.66. The molecule has 0 bridgehead atoms. The van der Waals surface area contributed by atoms with Crippen LogP contribution in [0.1, 0.15) is 28.3 Å². The molecular formula is C18H24N2. The van der Waals surface area contributed by atoms with E-state index in [0.29, 0.717) is 6.54 Å². The number of nitrogens with zero attached hydrogens (tertiary/aromatic N) is 1. The summed E-state index contributed by atoms with van der Waals surface area (Å²) in [5, 5.41) is 0. The zero-order chi connectivity index (χ0) is 14.5. The van der Waals surface area contributed by atoms with Gasteiger partial charge in [-0.15, -0.1) is 0 Å². The lowest BCUT2D eigenvalue weighted by Crippen LogP contribution is -2.30. The quantitative estimate of drug-likeness (QED) is 0.900. The monoisotopic (exact) mass is 268 g/mol. The molecule has 2 N–H and O–H groups in total. The summed E-state index contributed by atoms with van der Waals surface area (Å²) < 4.78 is 0. The van der Waals surface area contributed by atoms with Crippen LogP contribution in [-0.4, -0.2) is 18.5 Å². The Morgan fingerprint density at radius 1 is 1.00 bits per heavy atom. The first-order valence-corrected chi connectivity index (χ1v) is 7.12. The predicted molar refractivity (Wildman–Crippen MR) is 85.6 cm³/mol. The molecule has 0 aliphatic carbocycles. The van der Waals surface area contributed by atoms with Crippen molar-refractivity contribution in [3.05, 3.63) is 70.8 Å². The number of nitrogens with two attached hydrogens (primary N) is 1. The summed E-state index contributed by atoms with van der Waals surface area (Å²) >= 11 is 0. The van der Waals surface area contributed by atoms with E-state index in [-0.39, 0.29) is 6.04 Å². The zero-order valence-corrected chi connectivity index (χ0v) is 12.6. The van der Waals surface area contributed by atoms with Crippen LogP contribution in [0, 0.1) is 13.8 Å². The van der Waals surface area contributed by atoms with Crippen LogP contribution in [0.4, 0.5) is 0 Å². The summed E-state index contributed by atoms with van der Waals surface area (Å²) in [6, 6.07) is 17.5. The Kier molecular flexibility index (Phi) is 4.94. The van der Waals surface area contributed by atoms with Gasteiger partial charge in [0.2, 0.25) is 0 Å². The largest absolute Gasteiger partial charge is 0.329 e. The second-order valence-corrected chi connectivity index (χ2v) is 5.57. The van der Waals surface area contributed by atoms with Crippen LogP contribution in [0.25, 0.3) is 0 Å². The Balaban J connectivity index is 2.15. The van der Waals surface area contributed by atoms with Crippen molar-refractivity contribution in [3.8, 4) is 0 Å². The molecule has 0 spiro atoms. The van der Waals surface area contributed by atoms with E-state index in [2.05, 4.69) is 74.3 Å². The number of aryl methyl sites for hydroxylation is 2. The first-order chi connectivity index (χ1) is 9.60. The van der Waals surface area contributed by atoms with E-state index in [0.717, 1.165) is 6.54 Å². The first-order valence-electron chi connectivity index (χ1n) is 7.12. The van der Waals surface area contributed by atoms with E-state index in [1.165, 1.54) is 22.3 Å². The van der Waals surface area contributed by atoms with Crippen molar-refractivity contribution in [2.75, 3.05) is 13.6 Å². The fraction of sp³-hybridized carbons (Fsp3) is 0.333. The number of likely N-dealkylation sites (N-methyl/N-ethyl adjacent to an activating group) is 1. The van der Waals surface area contributed by atoms with Crippen molar-refractivity contribution in [3.63, 3.8) is 0 Å². The molecule has 0 saturated heterocycles. The van der Waals surface area contributed by atoms with Gasteiger partial charge in [-0.1, -0.05) is 59.7 Å². The minimum absolute atomic E-state index is 0.260. The Hall–Kier alpha value is -1.64. The third kappa shape index (κ3) is 3.69. The van der Waals surface area contributed by atoms with Crippen molar-refractivity contribution in [1.29, 1.82) is 0 Å². The molecule has 2 heteroatoms. The third-order valence-electron chi connectivity index (χ3n) is 3.70. The van der Waals surface area contributed by atoms with Crippen molar-refractivity contribution < 1.29 is 0 Å². The highest BCUT2D eigenvalue weighted by Gasteiger charge is 2.15. The maximum atomic E-state index is 6.00. The minimum Gasteiger partial charge on any atom is -0.329 e. The van der Waals surface area contributed by atoms with E-state index >= 15 is 0 Å². The molecule has 0 saturated carbocycles. The van der Waals surface area contributed by atoms with Gasteiger partial charge < -0.3 is 5.73 Å². The van der Waals surface area contributed by atoms with Crippen molar-refractivity contribution in [2.45, 2.75) is 26.4 Å². The Morgan fingerprint density at radius 3 is 2.25 bits per heavy atom. The molecule has 2 rings (SSSR count). The van der Waals surface area contributed by atoms with Crippen LogP contribution in [0.3, 0.4) is 0 Å². The molecule has 2 nitrogen and oxygen atoms in total. The lowest BCUT2D eigenvalue weighted by molar-refractivity contribution is 0.241. The Bertz CT molecular complexity index is 563. The smallest absolute Gasteiger partial charge is 0.0471 e. The molecule has 2 aromatic carbocycles.